The molecule has 0 aliphatic rings. The average Bonchev–Trinajstić information content (AvgIpc) is 3.14. The van der Waals surface area contributed by atoms with Crippen LogP contribution in [0.3, 0.4) is 0 Å². The molecule has 182 valence electrons. The Morgan fingerprint density at radius 1 is 1.00 bits per heavy atom. The summed E-state index contributed by atoms with van der Waals surface area (Å²) in [6, 6.07) is 15.3. The lowest BCUT2D eigenvalue weighted by atomic mass is 10.1. The van der Waals surface area contributed by atoms with Crippen LogP contribution in [0.1, 0.15) is 43.6 Å². The van der Waals surface area contributed by atoms with Gasteiger partial charge in [0, 0.05) is 40.1 Å². The van der Waals surface area contributed by atoms with Gasteiger partial charge in [-0.2, -0.15) is 0 Å². The number of carbonyl (C=O) groups is 1. The molecule has 2 N–H and O–H groups in total. The van der Waals surface area contributed by atoms with E-state index in [1.807, 2.05) is 24.4 Å². The SMILES string of the molecule is COc1ccc(C(=O)/C=C/c2cn(C[C@H](O)C[NH+](CC(C)C)CC(C)C)c3ccccc23)cc1. The fourth-order valence-electron chi connectivity index (χ4n) is 4.61. The van der Waals surface area contributed by atoms with Crippen molar-refractivity contribution in [2.45, 2.75) is 40.3 Å². The van der Waals surface area contributed by atoms with Crippen LogP contribution in [0, 0.1) is 11.8 Å². The number of hydrogen-bond acceptors (Lipinski definition) is 3. The van der Waals surface area contributed by atoms with Crippen molar-refractivity contribution in [3.05, 3.63) is 71.9 Å². The molecule has 1 heterocycles. The van der Waals surface area contributed by atoms with Crippen LogP contribution in [0.15, 0.2) is 60.8 Å². The van der Waals surface area contributed by atoms with Crippen molar-refractivity contribution in [2.75, 3.05) is 26.7 Å². The first-order valence-corrected chi connectivity index (χ1v) is 12.2. The molecule has 34 heavy (non-hydrogen) atoms. The molecule has 0 aliphatic heterocycles. The van der Waals surface area contributed by atoms with E-state index in [2.05, 4.69) is 44.4 Å². The summed E-state index contributed by atoms with van der Waals surface area (Å²) in [5, 5.41) is 12.0. The Hall–Kier alpha value is -2.89. The third-order valence-corrected chi connectivity index (χ3v) is 5.93. The summed E-state index contributed by atoms with van der Waals surface area (Å²) >= 11 is 0. The summed E-state index contributed by atoms with van der Waals surface area (Å²) in [5.41, 5.74) is 2.65. The number of aliphatic hydroxyl groups excluding tert-OH is 1. The first-order chi connectivity index (χ1) is 16.3. The van der Waals surface area contributed by atoms with Crippen molar-refractivity contribution >= 4 is 22.8 Å². The van der Waals surface area contributed by atoms with E-state index in [0.29, 0.717) is 23.9 Å². The highest BCUT2D eigenvalue weighted by Gasteiger charge is 2.19. The number of rotatable bonds is 12. The van der Waals surface area contributed by atoms with Crippen LogP contribution in [0.4, 0.5) is 0 Å². The summed E-state index contributed by atoms with van der Waals surface area (Å²) in [7, 11) is 1.61. The Labute approximate surface area is 203 Å². The van der Waals surface area contributed by atoms with E-state index in [-0.39, 0.29) is 5.78 Å². The maximum absolute atomic E-state index is 12.7. The number of methoxy groups -OCH3 is 1. The number of allylic oxidation sites excluding steroid dienone is 1. The number of aromatic nitrogens is 1. The number of para-hydroxylation sites is 1. The summed E-state index contributed by atoms with van der Waals surface area (Å²) < 4.78 is 7.28. The fourth-order valence-corrected chi connectivity index (χ4v) is 4.61. The minimum absolute atomic E-state index is 0.0545. The molecule has 0 unspecified atom stereocenters. The molecule has 5 heteroatoms. The number of benzene rings is 2. The summed E-state index contributed by atoms with van der Waals surface area (Å²) in [5.74, 6) is 1.85. The number of nitrogens with one attached hydrogen (secondary N) is 1. The predicted molar refractivity (Wildman–Crippen MR) is 140 cm³/mol. The van der Waals surface area contributed by atoms with Gasteiger partial charge in [-0.1, -0.05) is 45.9 Å². The lowest BCUT2D eigenvalue weighted by Crippen LogP contribution is -3.14. The van der Waals surface area contributed by atoms with E-state index in [0.717, 1.165) is 41.9 Å². The minimum atomic E-state index is -0.443. The molecule has 2 aromatic carbocycles. The largest absolute Gasteiger partial charge is 0.497 e. The molecular formula is C29H39N2O3+. The van der Waals surface area contributed by atoms with Crippen LogP contribution in [0.5, 0.6) is 5.75 Å². The molecule has 0 saturated heterocycles. The molecule has 0 saturated carbocycles. The molecule has 0 aliphatic carbocycles. The maximum atomic E-state index is 12.7. The highest BCUT2D eigenvalue weighted by atomic mass is 16.5. The third-order valence-electron chi connectivity index (χ3n) is 5.93. The van der Waals surface area contributed by atoms with Crippen LogP contribution in [-0.4, -0.2) is 48.3 Å². The first kappa shape index (κ1) is 25.7. The van der Waals surface area contributed by atoms with Gasteiger partial charge < -0.3 is 19.3 Å². The highest BCUT2D eigenvalue weighted by molar-refractivity contribution is 6.07. The van der Waals surface area contributed by atoms with Crippen molar-refractivity contribution in [1.29, 1.82) is 0 Å². The molecule has 0 amide bonds. The van der Waals surface area contributed by atoms with Crippen LogP contribution < -0.4 is 9.64 Å². The van der Waals surface area contributed by atoms with Gasteiger partial charge in [0.2, 0.25) is 0 Å². The van der Waals surface area contributed by atoms with Gasteiger partial charge in [-0.25, -0.2) is 0 Å². The predicted octanol–water partition coefficient (Wildman–Crippen LogP) is 4.10. The Morgan fingerprint density at radius 3 is 2.26 bits per heavy atom. The van der Waals surface area contributed by atoms with Crippen molar-refractivity contribution in [2.24, 2.45) is 11.8 Å². The molecule has 3 aromatic rings. The van der Waals surface area contributed by atoms with Crippen molar-refractivity contribution in [1.82, 2.24) is 4.57 Å². The van der Waals surface area contributed by atoms with Gasteiger partial charge in [-0.3, -0.25) is 4.79 Å². The molecule has 0 fully saturated rings. The number of quaternary nitrogens is 1. The number of carbonyl (C=O) groups excluding carboxylic acids is 1. The molecule has 0 bridgehead atoms. The fraction of sp³-hybridized carbons (Fsp3) is 0.414. The monoisotopic (exact) mass is 463 g/mol. The zero-order valence-electron chi connectivity index (χ0n) is 21.1. The number of ketones is 1. The van der Waals surface area contributed by atoms with Crippen LogP contribution in [0.25, 0.3) is 17.0 Å². The molecule has 3 rings (SSSR count). The second-order valence-electron chi connectivity index (χ2n) is 9.98. The van der Waals surface area contributed by atoms with E-state index in [4.69, 9.17) is 4.74 Å². The standard InChI is InChI=1S/C29H38N2O3/c1-21(2)16-30(17-22(3)4)19-25(32)20-31-18-24(27-8-6-7-9-28(27)31)12-15-29(33)23-10-13-26(34-5)14-11-23/h6-15,18,21-22,25,32H,16-17,19-20H2,1-5H3/p+1/b15-12+/t25-/m1/s1. The lowest BCUT2D eigenvalue weighted by molar-refractivity contribution is -0.909. The van der Waals surface area contributed by atoms with Crippen LogP contribution in [-0.2, 0) is 6.54 Å². The summed E-state index contributed by atoms with van der Waals surface area (Å²) in [4.78, 5) is 14.1. The van der Waals surface area contributed by atoms with Crippen molar-refractivity contribution in [3.63, 3.8) is 0 Å². The third kappa shape index (κ3) is 7.05. The van der Waals surface area contributed by atoms with E-state index in [9.17, 15) is 9.90 Å². The quantitative estimate of drug-likeness (QED) is 0.314. The van der Waals surface area contributed by atoms with E-state index >= 15 is 0 Å². The van der Waals surface area contributed by atoms with Crippen LogP contribution in [0.2, 0.25) is 0 Å². The highest BCUT2D eigenvalue weighted by Crippen LogP contribution is 2.23. The van der Waals surface area contributed by atoms with Gasteiger partial charge in [0.1, 0.15) is 18.4 Å². The van der Waals surface area contributed by atoms with Gasteiger partial charge in [0.15, 0.2) is 5.78 Å². The van der Waals surface area contributed by atoms with Gasteiger partial charge in [-0.15, -0.1) is 0 Å². The Kier molecular flexibility index (Phi) is 9.08. The summed E-state index contributed by atoms with van der Waals surface area (Å²) in [6.45, 7) is 12.3. The van der Waals surface area contributed by atoms with Crippen LogP contribution >= 0.6 is 0 Å². The number of ether oxygens (including phenoxy) is 1. The smallest absolute Gasteiger partial charge is 0.185 e. The summed E-state index contributed by atoms with van der Waals surface area (Å²) in [6.07, 6.45) is 5.08. The Morgan fingerprint density at radius 2 is 1.65 bits per heavy atom. The number of fused-ring (bicyclic) bond motifs is 1. The molecular weight excluding hydrogens is 424 g/mol. The van der Waals surface area contributed by atoms with E-state index in [1.54, 1.807) is 37.5 Å². The normalized spacial score (nSPS) is 13.0. The maximum Gasteiger partial charge on any atom is 0.185 e. The zero-order valence-corrected chi connectivity index (χ0v) is 21.1. The molecule has 0 radical (unpaired) electrons. The number of nitrogens with zero attached hydrogens (tertiary/aromatic N) is 1. The first-order valence-electron chi connectivity index (χ1n) is 12.2. The van der Waals surface area contributed by atoms with Gasteiger partial charge in [-0.05, 0) is 42.5 Å². The topological polar surface area (TPSA) is 55.9 Å². The number of hydrogen-bond donors (Lipinski definition) is 2. The minimum Gasteiger partial charge on any atom is -0.497 e. The Balaban J connectivity index is 1.77. The Bertz CT molecular complexity index is 1090. The van der Waals surface area contributed by atoms with E-state index < -0.39 is 6.10 Å². The van der Waals surface area contributed by atoms with Gasteiger partial charge >= 0.3 is 0 Å². The molecule has 1 atom stereocenters. The molecule has 5 nitrogen and oxygen atoms in total. The zero-order chi connectivity index (χ0) is 24.7. The molecule has 1 aromatic heterocycles. The average molecular weight is 464 g/mol. The van der Waals surface area contributed by atoms with Crippen molar-refractivity contribution < 1.29 is 19.5 Å². The lowest BCUT2D eigenvalue weighted by Gasteiger charge is -2.25. The van der Waals surface area contributed by atoms with Crippen molar-refractivity contribution in [3.8, 4) is 5.75 Å². The second kappa shape index (κ2) is 12.0. The van der Waals surface area contributed by atoms with E-state index in [1.165, 1.54) is 4.90 Å². The van der Waals surface area contributed by atoms with Gasteiger partial charge in [0.25, 0.3) is 0 Å². The molecule has 0 spiro atoms. The van der Waals surface area contributed by atoms with Gasteiger partial charge in [0.05, 0.1) is 26.7 Å². The second-order valence-corrected chi connectivity index (χ2v) is 9.98. The number of aliphatic hydroxyl groups is 1.